The van der Waals surface area contributed by atoms with Crippen LogP contribution in [0.15, 0.2) is 18.2 Å². The summed E-state index contributed by atoms with van der Waals surface area (Å²) in [6.07, 6.45) is -0.126. The first-order valence-corrected chi connectivity index (χ1v) is 4.46. The van der Waals surface area contributed by atoms with E-state index < -0.39 is 5.97 Å². The van der Waals surface area contributed by atoms with Gasteiger partial charge in [0.15, 0.2) is 6.07 Å². The second-order valence-corrected chi connectivity index (χ2v) is 2.96. The van der Waals surface area contributed by atoms with Crippen molar-refractivity contribution < 1.29 is 14.6 Å². The van der Waals surface area contributed by atoms with Gasteiger partial charge in [0.1, 0.15) is 5.75 Å². The summed E-state index contributed by atoms with van der Waals surface area (Å²) in [7, 11) is 1.51. The first-order valence-electron chi connectivity index (χ1n) is 4.46. The molecular weight excluding hydrogens is 206 g/mol. The zero-order valence-electron chi connectivity index (χ0n) is 8.65. The first kappa shape index (κ1) is 11.6. The molecule has 4 heteroatoms. The summed E-state index contributed by atoms with van der Waals surface area (Å²) in [6, 6.07) is 6.59. The van der Waals surface area contributed by atoms with Crippen LogP contribution >= 0.6 is 0 Å². The number of ether oxygens (including phenoxy) is 1. The van der Waals surface area contributed by atoms with Crippen LogP contribution in [0.3, 0.4) is 0 Å². The Morgan fingerprint density at radius 2 is 2.31 bits per heavy atom. The standard InChI is InChI=1S/C12H9NO3/c1-16-11-5-4-10(8-12(14)15)9(7-11)3-2-6-13/h4-5,7H,8H2,1H3,(H,14,15). The number of methoxy groups -OCH3 is 1. The number of hydrogen-bond acceptors (Lipinski definition) is 3. The second kappa shape index (κ2) is 5.43. The largest absolute Gasteiger partial charge is 0.497 e. The van der Waals surface area contributed by atoms with E-state index in [-0.39, 0.29) is 6.42 Å². The Bertz CT molecular complexity index is 503. The number of carbonyl (C=O) groups is 1. The lowest BCUT2D eigenvalue weighted by Crippen LogP contribution is -2.02. The van der Waals surface area contributed by atoms with Gasteiger partial charge in [0.2, 0.25) is 0 Å². The number of nitriles is 1. The molecule has 16 heavy (non-hydrogen) atoms. The molecule has 0 aliphatic carbocycles. The van der Waals surface area contributed by atoms with E-state index in [1.807, 2.05) is 0 Å². The molecule has 0 saturated carbocycles. The molecule has 0 radical (unpaired) electrons. The van der Waals surface area contributed by atoms with Gasteiger partial charge in [-0.3, -0.25) is 4.79 Å². The minimum absolute atomic E-state index is 0.126. The predicted molar refractivity (Wildman–Crippen MR) is 56.8 cm³/mol. The molecule has 0 aliphatic heterocycles. The summed E-state index contributed by atoms with van der Waals surface area (Å²) in [5.74, 6) is 4.47. The van der Waals surface area contributed by atoms with E-state index >= 15 is 0 Å². The molecule has 1 rings (SSSR count). The van der Waals surface area contributed by atoms with Gasteiger partial charge in [-0.15, -0.1) is 0 Å². The van der Waals surface area contributed by atoms with E-state index in [4.69, 9.17) is 15.1 Å². The highest BCUT2D eigenvalue weighted by atomic mass is 16.5. The molecular formula is C12H9NO3. The molecule has 0 unspecified atom stereocenters. The van der Waals surface area contributed by atoms with Crippen LogP contribution in [0.1, 0.15) is 11.1 Å². The topological polar surface area (TPSA) is 70.3 Å². The van der Waals surface area contributed by atoms with Crippen molar-refractivity contribution >= 4 is 5.97 Å². The Morgan fingerprint density at radius 3 is 2.88 bits per heavy atom. The van der Waals surface area contributed by atoms with E-state index in [2.05, 4.69) is 11.8 Å². The third-order valence-corrected chi connectivity index (χ3v) is 1.91. The van der Waals surface area contributed by atoms with Crippen molar-refractivity contribution in [3.8, 4) is 23.7 Å². The molecule has 0 spiro atoms. The van der Waals surface area contributed by atoms with Crippen LogP contribution in [0.25, 0.3) is 0 Å². The summed E-state index contributed by atoms with van der Waals surface area (Å²) in [4.78, 5) is 10.6. The van der Waals surface area contributed by atoms with Crippen LogP contribution in [-0.4, -0.2) is 18.2 Å². The molecule has 0 saturated heterocycles. The van der Waals surface area contributed by atoms with E-state index in [0.29, 0.717) is 16.9 Å². The summed E-state index contributed by atoms with van der Waals surface area (Å²) in [5.41, 5.74) is 1.07. The zero-order valence-corrected chi connectivity index (χ0v) is 8.65. The van der Waals surface area contributed by atoms with E-state index in [1.54, 1.807) is 24.3 Å². The Kier molecular flexibility index (Phi) is 3.94. The number of rotatable bonds is 3. The minimum atomic E-state index is -0.940. The third kappa shape index (κ3) is 3.04. The Labute approximate surface area is 93.1 Å². The molecule has 0 aromatic heterocycles. The maximum Gasteiger partial charge on any atom is 0.307 e. The maximum absolute atomic E-state index is 10.6. The fourth-order valence-electron chi connectivity index (χ4n) is 1.21. The van der Waals surface area contributed by atoms with Gasteiger partial charge in [-0.25, -0.2) is 0 Å². The molecule has 0 fully saturated rings. The zero-order chi connectivity index (χ0) is 12.0. The van der Waals surface area contributed by atoms with Crippen molar-refractivity contribution in [3.05, 3.63) is 29.3 Å². The molecule has 0 bridgehead atoms. The van der Waals surface area contributed by atoms with Crippen molar-refractivity contribution in [1.82, 2.24) is 0 Å². The highest BCUT2D eigenvalue weighted by Gasteiger charge is 2.06. The third-order valence-electron chi connectivity index (χ3n) is 1.91. The average molecular weight is 215 g/mol. The van der Waals surface area contributed by atoms with Crippen LogP contribution in [-0.2, 0) is 11.2 Å². The van der Waals surface area contributed by atoms with Crippen molar-refractivity contribution in [1.29, 1.82) is 5.26 Å². The predicted octanol–water partition coefficient (Wildman–Crippen LogP) is 1.20. The van der Waals surface area contributed by atoms with Crippen molar-refractivity contribution in [2.45, 2.75) is 6.42 Å². The normalized spacial score (nSPS) is 8.50. The van der Waals surface area contributed by atoms with E-state index in [9.17, 15) is 4.79 Å². The summed E-state index contributed by atoms with van der Waals surface area (Å²) < 4.78 is 5.00. The van der Waals surface area contributed by atoms with Gasteiger partial charge >= 0.3 is 5.97 Å². The molecule has 1 aromatic rings. The molecule has 0 amide bonds. The number of carboxylic acids is 1. The smallest absolute Gasteiger partial charge is 0.307 e. The Hall–Kier alpha value is -2.46. The Morgan fingerprint density at radius 1 is 1.56 bits per heavy atom. The lowest BCUT2D eigenvalue weighted by Gasteiger charge is -2.04. The number of benzene rings is 1. The van der Waals surface area contributed by atoms with Gasteiger partial charge in [-0.05, 0) is 17.7 Å². The number of aliphatic carboxylic acids is 1. The van der Waals surface area contributed by atoms with Crippen molar-refractivity contribution in [2.24, 2.45) is 0 Å². The highest BCUT2D eigenvalue weighted by molar-refractivity contribution is 5.71. The summed E-state index contributed by atoms with van der Waals surface area (Å²) >= 11 is 0. The van der Waals surface area contributed by atoms with E-state index in [1.165, 1.54) is 7.11 Å². The quantitative estimate of drug-likeness (QED) is 0.769. The lowest BCUT2D eigenvalue weighted by molar-refractivity contribution is -0.136. The maximum atomic E-state index is 10.6. The molecule has 0 heterocycles. The fourth-order valence-corrected chi connectivity index (χ4v) is 1.21. The van der Waals surface area contributed by atoms with Gasteiger partial charge < -0.3 is 9.84 Å². The second-order valence-electron chi connectivity index (χ2n) is 2.96. The SMILES string of the molecule is COc1ccc(CC(=O)O)c(C#CC#N)c1. The number of hydrogen-bond donors (Lipinski definition) is 1. The van der Waals surface area contributed by atoms with Crippen molar-refractivity contribution in [2.75, 3.05) is 7.11 Å². The monoisotopic (exact) mass is 215 g/mol. The number of carboxylic acid groups (broad SMARTS) is 1. The molecule has 4 nitrogen and oxygen atoms in total. The summed E-state index contributed by atoms with van der Waals surface area (Å²) in [6.45, 7) is 0. The molecule has 0 aliphatic rings. The van der Waals surface area contributed by atoms with Crippen LogP contribution in [0.4, 0.5) is 0 Å². The van der Waals surface area contributed by atoms with Gasteiger partial charge in [0.25, 0.3) is 0 Å². The molecule has 1 aromatic carbocycles. The Balaban J connectivity index is 3.16. The molecule has 0 atom stereocenters. The van der Waals surface area contributed by atoms with Crippen molar-refractivity contribution in [3.63, 3.8) is 0 Å². The summed E-state index contributed by atoms with van der Waals surface area (Å²) in [5, 5.41) is 17.1. The van der Waals surface area contributed by atoms with E-state index in [0.717, 1.165) is 0 Å². The first-order chi connectivity index (χ1) is 7.67. The van der Waals surface area contributed by atoms with Gasteiger partial charge in [-0.1, -0.05) is 12.0 Å². The average Bonchev–Trinajstić information content (AvgIpc) is 2.27. The molecule has 80 valence electrons. The van der Waals surface area contributed by atoms with Gasteiger partial charge in [0, 0.05) is 11.5 Å². The minimum Gasteiger partial charge on any atom is -0.497 e. The van der Waals surface area contributed by atoms with Gasteiger partial charge in [0.05, 0.1) is 13.5 Å². The highest BCUT2D eigenvalue weighted by Crippen LogP contribution is 2.17. The van der Waals surface area contributed by atoms with Crippen LogP contribution in [0.2, 0.25) is 0 Å². The van der Waals surface area contributed by atoms with Crippen LogP contribution in [0.5, 0.6) is 5.75 Å². The number of nitrogens with zero attached hydrogens (tertiary/aromatic N) is 1. The van der Waals surface area contributed by atoms with Crippen LogP contribution in [0, 0.1) is 23.2 Å². The molecule has 1 N–H and O–H groups in total. The van der Waals surface area contributed by atoms with Gasteiger partial charge in [-0.2, -0.15) is 5.26 Å². The fraction of sp³-hybridized carbons (Fsp3) is 0.167. The van der Waals surface area contributed by atoms with Crippen LogP contribution < -0.4 is 4.74 Å². The lowest BCUT2D eigenvalue weighted by atomic mass is 10.0.